The van der Waals surface area contributed by atoms with Gasteiger partial charge < -0.3 is 10.6 Å². The van der Waals surface area contributed by atoms with Crippen molar-refractivity contribution in [3.05, 3.63) is 29.6 Å². The van der Waals surface area contributed by atoms with Crippen LogP contribution in [0.15, 0.2) is 18.2 Å². The lowest BCUT2D eigenvalue weighted by atomic mass is 10.1. The quantitative estimate of drug-likeness (QED) is 0.825. The summed E-state index contributed by atoms with van der Waals surface area (Å²) in [5, 5.41) is 0. The zero-order chi connectivity index (χ0) is 12.8. The zero-order valence-electron chi connectivity index (χ0n) is 11.0. The summed E-state index contributed by atoms with van der Waals surface area (Å²) >= 11 is 0. The molecule has 0 unspecified atom stereocenters. The summed E-state index contributed by atoms with van der Waals surface area (Å²) in [6.45, 7) is 4.87. The minimum atomic E-state index is -0.177. The van der Waals surface area contributed by atoms with Crippen LogP contribution in [0.5, 0.6) is 0 Å². The number of hydrogen-bond donors (Lipinski definition) is 1. The van der Waals surface area contributed by atoms with Crippen molar-refractivity contribution in [1.29, 1.82) is 0 Å². The van der Waals surface area contributed by atoms with Gasteiger partial charge in [0.15, 0.2) is 0 Å². The average molecular weight is 238 g/mol. The van der Waals surface area contributed by atoms with Crippen molar-refractivity contribution in [2.75, 3.05) is 18.5 Å². The molecule has 0 atom stereocenters. The molecule has 0 amide bonds. The third kappa shape index (κ3) is 3.70. The van der Waals surface area contributed by atoms with Crippen LogP contribution in [0.2, 0.25) is 0 Å². The van der Waals surface area contributed by atoms with Crippen LogP contribution in [0.3, 0.4) is 0 Å². The van der Waals surface area contributed by atoms with E-state index in [2.05, 4.69) is 18.7 Å². The fourth-order valence-electron chi connectivity index (χ4n) is 2.20. The highest BCUT2D eigenvalue weighted by Crippen LogP contribution is 2.22. The molecule has 0 saturated heterocycles. The maximum atomic E-state index is 13.5. The van der Waals surface area contributed by atoms with Gasteiger partial charge >= 0.3 is 0 Å². The molecule has 2 N–H and O–H groups in total. The highest BCUT2D eigenvalue weighted by molar-refractivity contribution is 5.49. The Hall–Kier alpha value is -1.09. The minimum Gasteiger partial charge on any atom is -0.372 e. The molecule has 0 spiro atoms. The Balaban J connectivity index is 2.95. The molecule has 0 saturated carbocycles. The van der Waals surface area contributed by atoms with Crippen molar-refractivity contribution in [1.82, 2.24) is 0 Å². The van der Waals surface area contributed by atoms with Gasteiger partial charge in [-0.05, 0) is 49.6 Å². The molecule has 0 aliphatic heterocycles. The van der Waals surface area contributed by atoms with E-state index in [0.717, 1.165) is 30.5 Å². The average Bonchev–Trinajstić information content (AvgIpc) is 2.30. The molecular weight excluding hydrogens is 215 g/mol. The molecule has 0 fully saturated rings. The van der Waals surface area contributed by atoms with Gasteiger partial charge in [0, 0.05) is 18.8 Å². The maximum Gasteiger partial charge on any atom is 0.125 e. The van der Waals surface area contributed by atoms with Crippen molar-refractivity contribution < 1.29 is 4.39 Å². The van der Waals surface area contributed by atoms with Gasteiger partial charge in [-0.3, -0.25) is 0 Å². The lowest BCUT2D eigenvalue weighted by Crippen LogP contribution is -2.30. The van der Waals surface area contributed by atoms with Gasteiger partial charge in [0.2, 0.25) is 0 Å². The van der Waals surface area contributed by atoms with Crippen molar-refractivity contribution in [2.24, 2.45) is 5.73 Å². The third-order valence-electron chi connectivity index (χ3n) is 3.27. The van der Waals surface area contributed by atoms with Crippen molar-refractivity contribution in [2.45, 2.75) is 39.2 Å². The molecule has 0 aliphatic rings. The molecule has 0 aromatic heterocycles. The molecule has 1 rings (SSSR count). The first kappa shape index (κ1) is 14.0. The number of nitrogens with two attached hydrogens (primary N) is 1. The minimum absolute atomic E-state index is 0.177. The summed E-state index contributed by atoms with van der Waals surface area (Å²) in [7, 11) is 2.03. The van der Waals surface area contributed by atoms with Gasteiger partial charge in [0.1, 0.15) is 5.82 Å². The van der Waals surface area contributed by atoms with E-state index in [0.29, 0.717) is 12.6 Å². The molecule has 0 heterocycles. The summed E-state index contributed by atoms with van der Waals surface area (Å²) in [5.74, 6) is -0.177. The van der Waals surface area contributed by atoms with Crippen molar-refractivity contribution in [3.8, 4) is 0 Å². The summed E-state index contributed by atoms with van der Waals surface area (Å²) < 4.78 is 13.5. The SMILES string of the molecule is CCC(CC)N(C)c1cc(F)cc(CCN)c1. The van der Waals surface area contributed by atoms with E-state index < -0.39 is 0 Å². The Morgan fingerprint density at radius 1 is 1.24 bits per heavy atom. The molecule has 0 aliphatic carbocycles. The Morgan fingerprint density at radius 3 is 2.41 bits per heavy atom. The van der Waals surface area contributed by atoms with Crippen LogP contribution in [0, 0.1) is 5.82 Å². The Labute approximate surface area is 104 Å². The van der Waals surface area contributed by atoms with Crippen molar-refractivity contribution >= 4 is 5.69 Å². The second-order valence-electron chi connectivity index (χ2n) is 4.44. The van der Waals surface area contributed by atoms with Gasteiger partial charge in [0.05, 0.1) is 0 Å². The maximum absolute atomic E-state index is 13.5. The highest BCUT2D eigenvalue weighted by Gasteiger charge is 2.12. The van der Waals surface area contributed by atoms with Crippen LogP contribution < -0.4 is 10.6 Å². The second kappa shape index (κ2) is 6.60. The molecule has 1 aromatic carbocycles. The zero-order valence-corrected chi connectivity index (χ0v) is 11.0. The van der Waals surface area contributed by atoms with Crippen LogP contribution in [-0.2, 0) is 6.42 Å². The molecular formula is C14H23FN2. The molecule has 2 nitrogen and oxygen atoms in total. The standard InChI is InChI=1S/C14H23FN2/c1-4-13(5-2)17(3)14-9-11(6-7-16)8-12(15)10-14/h8-10,13H,4-7,16H2,1-3H3. The van der Waals surface area contributed by atoms with Crippen LogP contribution in [0.4, 0.5) is 10.1 Å². The normalized spacial score (nSPS) is 10.9. The van der Waals surface area contributed by atoms with E-state index in [1.807, 2.05) is 13.1 Å². The van der Waals surface area contributed by atoms with Gasteiger partial charge in [0.25, 0.3) is 0 Å². The fourth-order valence-corrected chi connectivity index (χ4v) is 2.20. The predicted octanol–water partition coefficient (Wildman–Crippen LogP) is 2.95. The molecule has 96 valence electrons. The second-order valence-corrected chi connectivity index (χ2v) is 4.44. The number of nitrogens with zero attached hydrogens (tertiary/aromatic N) is 1. The fraction of sp³-hybridized carbons (Fsp3) is 0.571. The number of rotatable bonds is 6. The van der Waals surface area contributed by atoms with Crippen LogP contribution in [0.25, 0.3) is 0 Å². The Kier molecular flexibility index (Phi) is 5.42. The number of halogens is 1. The first-order valence-corrected chi connectivity index (χ1v) is 6.34. The smallest absolute Gasteiger partial charge is 0.125 e. The van der Waals surface area contributed by atoms with E-state index in [1.54, 1.807) is 12.1 Å². The molecule has 0 radical (unpaired) electrons. The monoisotopic (exact) mass is 238 g/mol. The Bertz CT molecular complexity index is 348. The first-order valence-electron chi connectivity index (χ1n) is 6.34. The predicted molar refractivity (Wildman–Crippen MR) is 71.9 cm³/mol. The van der Waals surface area contributed by atoms with Crippen LogP contribution in [0.1, 0.15) is 32.3 Å². The van der Waals surface area contributed by atoms with Crippen molar-refractivity contribution in [3.63, 3.8) is 0 Å². The molecule has 17 heavy (non-hydrogen) atoms. The number of anilines is 1. The van der Waals surface area contributed by atoms with E-state index in [-0.39, 0.29) is 5.82 Å². The van der Waals surface area contributed by atoms with Crippen LogP contribution in [-0.4, -0.2) is 19.6 Å². The van der Waals surface area contributed by atoms with Gasteiger partial charge in [-0.25, -0.2) is 4.39 Å². The number of benzene rings is 1. The van der Waals surface area contributed by atoms with E-state index >= 15 is 0 Å². The lowest BCUT2D eigenvalue weighted by molar-refractivity contribution is 0.585. The summed E-state index contributed by atoms with van der Waals surface area (Å²) in [5.41, 5.74) is 7.43. The highest BCUT2D eigenvalue weighted by atomic mass is 19.1. The van der Waals surface area contributed by atoms with E-state index in [1.165, 1.54) is 0 Å². The Morgan fingerprint density at radius 2 is 1.88 bits per heavy atom. The lowest BCUT2D eigenvalue weighted by Gasteiger charge is -2.28. The van der Waals surface area contributed by atoms with Gasteiger partial charge in [-0.2, -0.15) is 0 Å². The first-order chi connectivity index (χ1) is 8.12. The topological polar surface area (TPSA) is 29.3 Å². The summed E-state index contributed by atoms with van der Waals surface area (Å²) in [4.78, 5) is 2.16. The third-order valence-corrected chi connectivity index (χ3v) is 3.27. The summed E-state index contributed by atoms with van der Waals surface area (Å²) in [6.07, 6.45) is 2.85. The van der Waals surface area contributed by atoms with Crippen LogP contribution >= 0.6 is 0 Å². The van der Waals surface area contributed by atoms with E-state index in [4.69, 9.17) is 5.73 Å². The van der Waals surface area contributed by atoms with Gasteiger partial charge in [-0.1, -0.05) is 13.8 Å². The largest absolute Gasteiger partial charge is 0.372 e. The van der Waals surface area contributed by atoms with Gasteiger partial charge in [-0.15, -0.1) is 0 Å². The van der Waals surface area contributed by atoms with E-state index in [9.17, 15) is 4.39 Å². The summed E-state index contributed by atoms with van der Waals surface area (Å²) in [6, 6.07) is 5.66. The molecule has 3 heteroatoms. The number of hydrogen-bond acceptors (Lipinski definition) is 2. The molecule has 0 bridgehead atoms. The molecule has 1 aromatic rings.